The molecule has 4 aromatic rings. The number of aromatic nitrogens is 2. The summed E-state index contributed by atoms with van der Waals surface area (Å²) in [6, 6.07) is 17.3. The SMILES string of the molecule is CCN(C(C)=O)c1nc(COC(=O)c2cc(-c3ccc(C)cc3)nc3ccccc23)cs1. The van der Waals surface area contributed by atoms with Gasteiger partial charge >= 0.3 is 5.97 Å². The van der Waals surface area contributed by atoms with Crippen molar-refractivity contribution in [1.82, 2.24) is 9.97 Å². The van der Waals surface area contributed by atoms with Crippen molar-refractivity contribution in [3.05, 3.63) is 76.8 Å². The Labute approximate surface area is 190 Å². The van der Waals surface area contributed by atoms with Crippen LogP contribution in [0, 0.1) is 6.92 Å². The summed E-state index contributed by atoms with van der Waals surface area (Å²) in [5.41, 5.74) is 4.60. The molecule has 0 fully saturated rings. The lowest BCUT2D eigenvalue weighted by Crippen LogP contribution is -2.27. The van der Waals surface area contributed by atoms with E-state index in [1.54, 1.807) is 16.3 Å². The quantitative estimate of drug-likeness (QED) is 0.372. The van der Waals surface area contributed by atoms with Crippen molar-refractivity contribution in [3.63, 3.8) is 0 Å². The first-order valence-corrected chi connectivity index (χ1v) is 11.2. The first-order chi connectivity index (χ1) is 15.5. The molecule has 0 radical (unpaired) electrons. The number of carbonyl (C=O) groups is 2. The third-order valence-electron chi connectivity index (χ3n) is 5.10. The van der Waals surface area contributed by atoms with Crippen LogP contribution in [0.2, 0.25) is 0 Å². The molecule has 0 unspecified atom stereocenters. The number of thiazole rings is 1. The summed E-state index contributed by atoms with van der Waals surface area (Å²) in [5.74, 6) is -0.511. The fourth-order valence-electron chi connectivity index (χ4n) is 3.41. The van der Waals surface area contributed by atoms with Gasteiger partial charge in [-0.3, -0.25) is 9.69 Å². The summed E-state index contributed by atoms with van der Waals surface area (Å²) in [6.07, 6.45) is 0. The number of hydrogen-bond acceptors (Lipinski definition) is 6. The van der Waals surface area contributed by atoms with Crippen LogP contribution in [0.1, 0.15) is 35.5 Å². The van der Waals surface area contributed by atoms with Crippen LogP contribution in [0.5, 0.6) is 0 Å². The number of para-hydroxylation sites is 1. The Morgan fingerprint density at radius 2 is 1.81 bits per heavy atom. The van der Waals surface area contributed by atoms with Crippen molar-refractivity contribution in [3.8, 4) is 11.3 Å². The maximum atomic E-state index is 13.0. The molecule has 0 aliphatic carbocycles. The molecule has 4 rings (SSSR count). The fourth-order valence-corrected chi connectivity index (χ4v) is 4.33. The number of amides is 1. The van der Waals surface area contributed by atoms with E-state index in [1.807, 2.05) is 62.4 Å². The number of hydrogen-bond donors (Lipinski definition) is 0. The number of fused-ring (bicyclic) bond motifs is 1. The number of pyridine rings is 1. The van der Waals surface area contributed by atoms with Gasteiger partial charge in [0.25, 0.3) is 0 Å². The van der Waals surface area contributed by atoms with Crippen LogP contribution in [0.4, 0.5) is 5.13 Å². The second-order valence-electron chi connectivity index (χ2n) is 7.40. The van der Waals surface area contributed by atoms with Gasteiger partial charge in [0.15, 0.2) is 5.13 Å². The zero-order valence-corrected chi connectivity index (χ0v) is 19.0. The van der Waals surface area contributed by atoms with Gasteiger partial charge in [-0.25, -0.2) is 14.8 Å². The van der Waals surface area contributed by atoms with Crippen molar-refractivity contribution < 1.29 is 14.3 Å². The van der Waals surface area contributed by atoms with E-state index in [0.29, 0.717) is 28.6 Å². The number of ether oxygens (including phenoxy) is 1. The molecule has 162 valence electrons. The third kappa shape index (κ3) is 4.53. The Bertz CT molecular complexity index is 1280. The van der Waals surface area contributed by atoms with Gasteiger partial charge in [-0.15, -0.1) is 11.3 Å². The fraction of sp³-hybridized carbons (Fsp3) is 0.200. The van der Waals surface area contributed by atoms with E-state index in [9.17, 15) is 9.59 Å². The number of nitrogens with zero attached hydrogens (tertiary/aromatic N) is 3. The maximum absolute atomic E-state index is 13.0. The predicted octanol–water partition coefficient (Wildman–Crippen LogP) is 5.40. The lowest BCUT2D eigenvalue weighted by molar-refractivity contribution is -0.116. The molecule has 32 heavy (non-hydrogen) atoms. The van der Waals surface area contributed by atoms with Gasteiger partial charge in [0, 0.05) is 29.8 Å². The lowest BCUT2D eigenvalue weighted by Gasteiger charge is -2.14. The Morgan fingerprint density at radius 3 is 2.53 bits per heavy atom. The van der Waals surface area contributed by atoms with Gasteiger partial charge in [-0.05, 0) is 26.0 Å². The van der Waals surface area contributed by atoms with Crippen molar-refractivity contribution in [1.29, 1.82) is 0 Å². The molecule has 7 heteroatoms. The van der Waals surface area contributed by atoms with E-state index in [-0.39, 0.29) is 12.5 Å². The first kappa shape index (κ1) is 21.6. The van der Waals surface area contributed by atoms with Gasteiger partial charge in [0.05, 0.1) is 22.5 Å². The van der Waals surface area contributed by atoms with E-state index < -0.39 is 5.97 Å². The Morgan fingerprint density at radius 1 is 1.06 bits per heavy atom. The largest absolute Gasteiger partial charge is 0.456 e. The minimum atomic E-state index is -0.439. The summed E-state index contributed by atoms with van der Waals surface area (Å²) in [4.78, 5) is 35.5. The van der Waals surface area contributed by atoms with Crippen LogP contribution in [-0.2, 0) is 16.1 Å². The lowest BCUT2D eigenvalue weighted by atomic mass is 10.0. The maximum Gasteiger partial charge on any atom is 0.339 e. The highest BCUT2D eigenvalue weighted by molar-refractivity contribution is 7.14. The Hall–Kier alpha value is -3.58. The number of anilines is 1. The summed E-state index contributed by atoms with van der Waals surface area (Å²) in [6.45, 7) is 5.99. The highest BCUT2D eigenvalue weighted by atomic mass is 32.1. The van der Waals surface area contributed by atoms with Crippen LogP contribution in [-0.4, -0.2) is 28.4 Å². The zero-order valence-electron chi connectivity index (χ0n) is 18.2. The molecule has 2 aromatic heterocycles. The molecule has 0 spiro atoms. The molecule has 0 bridgehead atoms. The second-order valence-corrected chi connectivity index (χ2v) is 8.24. The molecule has 2 heterocycles. The van der Waals surface area contributed by atoms with Gasteiger partial charge in [0.1, 0.15) is 6.61 Å². The average molecular weight is 446 g/mol. The zero-order chi connectivity index (χ0) is 22.7. The Balaban J connectivity index is 1.60. The molecule has 2 aromatic carbocycles. The minimum absolute atomic E-state index is 0.0291. The molecule has 6 nitrogen and oxygen atoms in total. The minimum Gasteiger partial charge on any atom is -0.456 e. The smallest absolute Gasteiger partial charge is 0.339 e. The number of esters is 1. The van der Waals surface area contributed by atoms with Crippen molar-refractivity contribution in [2.75, 3.05) is 11.4 Å². The standard InChI is InChI=1S/C25H23N3O3S/c1-4-28(17(3)29)25-26-19(15-32-25)14-31-24(30)21-13-23(18-11-9-16(2)10-12-18)27-22-8-6-5-7-20(21)22/h5-13,15H,4,14H2,1-3H3. The number of aryl methyl sites for hydroxylation is 1. The highest BCUT2D eigenvalue weighted by Crippen LogP contribution is 2.26. The monoisotopic (exact) mass is 445 g/mol. The molecular weight excluding hydrogens is 422 g/mol. The molecule has 0 atom stereocenters. The molecular formula is C25H23N3O3S. The van der Waals surface area contributed by atoms with Crippen LogP contribution in [0.25, 0.3) is 22.2 Å². The van der Waals surface area contributed by atoms with E-state index in [2.05, 4.69) is 4.98 Å². The van der Waals surface area contributed by atoms with E-state index >= 15 is 0 Å². The van der Waals surface area contributed by atoms with Crippen LogP contribution in [0.15, 0.2) is 60.0 Å². The van der Waals surface area contributed by atoms with Crippen molar-refractivity contribution >= 4 is 39.2 Å². The van der Waals surface area contributed by atoms with E-state index in [4.69, 9.17) is 9.72 Å². The number of rotatable bonds is 6. The molecule has 1 amide bonds. The van der Waals surface area contributed by atoms with E-state index in [1.165, 1.54) is 18.3 Å². The van der Waals surface area contributed by atoms with Gasteiger partial charge in [-0.2, -0.15) is 0 Å². The molecule has 0 N–H and O–H groups in total. The second kappa shape index (κ2) is 9.28. The normalized spacial score (nSPS) is 10.8. The summed E-state index contributed by atoms with van der Waals surface area (Å²) in [5, 5.41) is 3.14. The summed E-state index contributed by atoms with van der Waals surface area (Å²) >= 11 is 1.35. The molecule has 0 aliphatic heterocycles. The van der Waals surface area contributed by atoms with Crippen molar-refractivity contribution in [2.24, 2.45) is 0 Å². The van der Waals surface area contributed by atoms with E-state index in [0.717, 1.165) is 22.0 Å². The van der Waals surface area contributed by atoms with Gasteiger partial charge < -0.3 is 4.74 Å². The molecule has 0 saturated heterocycles. The number of benzene rings is 2. The molecule has 0 aliphatic rings. The van der Waals surface area contributed by atoms with Crippen LogP contribution >= 0.6 is 11.3 Å². The highest BCUT2D eigenvalue weighted by Gasteiger charge is 2.17. The summed E-state index contributed by atoms with van der Waals surface area (Å²) in [7, 11) is 0. The molecule has 0 saturated carbocycles. The van der Waals surface area contributed by atoms with Crippen LogP contribution in [0.3, 0.4) is 0 Å². The van der Waals surface area contributed by atoms with Crippen molar-refractivity contribution in [2.45, 2.75) is 27.4 Å². The third-order valence-corrected chi connectivity index (χ3v) is 6.01. The first-order valence-electron chi connectivity index (χ1n) is 10.3. The van der Waals surface area contributed by atoms with Gasteiger partial charge in [0.2, 0.25) is 5.91 Å². The summed E-state index contributed by atoms with van der Waals surface area (Å²) < 4.78 is 5.59. The predicted molar refractivity (Wildman–Crippen MR) is 127 cm³/mol. The topological polar surface area (TPSA) is 72.4 Å². The van der Waals surface area contributed by atoms with Gasteiger partial charge in [-0.1, -0.05) is 48.0 Å². The Kier molecular flexibility index (Phi) is 6.28. The average Bonchev–Trinajstić information content (AvgIpc) is 3.26. The number of carbonyl (C=O) groups excluding carboxylic acids is 2. The van der Waals surface area contributed by atoms with Crippen LogP contribution < -0.4 is 4.90 Å².